The second-order valence-corrected chi connectivity index (χ2v) is 10.7. The topological polar surface area (TPSA) is 26.8 Å². The van der Waals surface area contributed by atoms with Gasteiger partial charge < -0.3 is 9.80 Å². The van der Waals surface area contributed by atoms with E-state index in [1.807, 2.05) is 66.5 Å². The van der Waals surface area contributed by atoms with E-state index in [4.69, 9.17) is 0 Å². The lowest BCUT2D eigenvalue weighted by molar-refractivity contribution is -0.131. The van der Waals surface area contributed by atoms with E-state index in [1.54, 1.807) is 0 Å². The summed E-state index contributed by atoms with van der Waals surface area (Å²) in [5.41, 5.74) is 2.62. The molecule has 2 heterocycles. The molecule has 4 heteroatoms. The fourth-order valence-corrected chi connectivity index (χ4v) is 5.52. The maximum Gasteiger partial charge on any atom is 0.222 e. The Morgan fingerprint density at radius 1 is 0.703 bits per heavy atom. The summed E-state index contributed by atoms with van der Waals surface area (Å²) in [4.78, 5) is 19.8. The van der Waals surface area contributed by atoms with Crippen LogP contribution in [0.1, 0.15) is 36.8 Å². The average Bonchev–Trinajstić information content (AvgIpc) is 3.38. The van der Waals surface area contributed by atoms with Crippen LogP contribution in [0.15, 0.2) is 97.1 Å². The lowest BCUT2D eigenvalue weighted by atomic mass is 9.92. The van der Waals surface area contributed by atoms with Gasteiger partial charge in [0.15, 0.2) is 0 Å². The summed E-state index contributed by atoms with van der Waals surface area (Å²) in [6, 6.07) is 33.1. The third-order valence-electron chi connectivity index (χ3n) is 7.66. The first-order valence-corrected chi connectivity index (χ1v) is 13.9. The number of carbonyl (C=O) groups excluding carboxylic acids is 1. The minimum atomic E-state index is 0.287. The monoisotopic (exact) mass is 497 g/mol. The molecule has 0 bridgehead atoms. The summed E-state index contributed by atoms with van der Waals surface area (Å²) in [7, 11) is 1.94. The minimum Gasteiger partial charge on any atom is -0.341 e. The molecule has 2 fully saturated rings. The van der Waals surface area contributed by atoms with Crippen molar-refractivity contribution in [2.24, 2.45) is 11.8 Å². The van der Waals surface area contributed by atoms with Crippen molar-refractivity contribution in [1.82, 2.24) is 14.7 Å². The van der Waals surface area contributed by atoms with E-state index >= 15 is 0 Å². The molecule has 3 aromatic rings. The molecule has 0 aliphatic carbocycles. The van der Waals surface area contributed by atoms with Crippen LogP contribution in [-0.4, -0.2) is 60.4 Å². The average molecular weight is 498 g/mol. The number of nitrogens with zero attached hydrogens (tertiary/aromatic N) is 3. The molecule has 1 amide bonds. The molecule has 4 nitrogen and oxygen atoms in total. The maximum absolute atomic E-state index is 12.7. The Kier molecular flexibility index (Phi) is 10.8. The Morgan fingerprint density at radius 2 is 1.19 bits per heavy atom. The van der Waals surface area contributed by atoms with Crippen LogP contribution in [0.25, 0.3) is 0 Å². The van der Waals surface area contributed by atoms with Gasteiger partial charge in [-0.3, -0.25) is 9.69 Å². The van der Waals surface area contributed by atoms with Crippen molar-refractivity contribution >= 4 is 5.91 Å². The molecule has 2 aliphatic rings. The summed E-state index contributed by atoms with van der Waals surface area (Å²) >= 11 is 0. The molecule has 5 rings (SSSR count). The first-order chi connectivity index (χ1) is 18.2. The highest BCUT2D eigenvalue weighted by molar-refractivity contribution is 5.76. The van der Waals surface area contributed by atoms with Crippen LogP contribution in [0.3, 0.4) is 0 Å². The molecule has 2 saturated heterocycles. The molecule has 0 aromatic heterocycles. The number of likely N-dealkylation sites (tertiary alicyclic amines) is 2. The molecule has 196 valence electrons. The lowest BCUT2D eigenvalue weighted by Gasteiger charge is -2.34. The van der Waals surface area contributed by atoms with Crippen molar-refractivity contribution in [1.29, 1.82) is 0 Å². The fourth-order valence-electron chi connectivity index (χ4n) is 5.52. The van der Waals surface area contributed by atoms with E-state index in [0.29, 0.717) is 18.9 Å². The largest absolute Gasteiger partial charge is 0.341 e. The van der Waals surface area contributed by atoms with Crippen molar-refractivity contribution in [2.45, 2.75) is 38.8 Å². The van der Waals surface area contributed by atoms with E-state index in [1.165, 1.54) is 37.2 Å². The standard InChI is InChI=1S/C27H37N3O.C6H6/c1-28(19-24-8-4-2-5-9-24)27(31)18-23-12-15-29(16-13-23)21-26-14-17-30(22-26)20-25-10-6-3-7-11-25;1-2-4-6-5-3-1/h2-11,23,26H,12-22H2,1H3;1-6H/t26-;/m0./s1. The van der Waals surface area contributed by atoms with E-state index in [-0.39, 0.29) is 5.91 Å². The minimum absolute atomic E-state index is 0.287. The highest BCUT2D eigenvalue weighted by atomic mass is 16.2. The van der Waals surface area contributed by atoms with Crippen molar-refractivity contribution in [3.63, 3.8) is 0 Å². The predicted octanol–water partition coefficient (Wildman–Crippen LogP) is 5.96. The Labute approximate surface area is 223 Å². The summed E-state index contributed by atoms with van der Waals surface area (Å²) in [6.45, 7) is 7.75. The van der Waals surface area contributed by atoms with Crippen LogP contribution >= 0.6 is 0 Å². The molecule has 0 spiro atoms. The maximum atomic E-state index is 12.7. The van der Waals surface area contributed by atoms with Gasteiger partial charge in [0.05, 0.1) is 0 Å². The SMILES string of the molecule is CN(Cc1ccccc1)C(=O)CC1CCN(C[C@@H]2CCN(Cc3ccccc3)C2)CC1.c1ccccc1. The van der Waals surface area contributed by atoms with Gasteiger partial charge >= 0.3 is 0 Å². The van der Waals surface area contributed by atoms with Crippen LogP contribution in [0.2, 0.25) is 0 Å². The van der Waals surface area contributed by atoms with Gasteiger partial charge in [0.2, 0.25) is 5.91 Å². The molecular weight excluding hydrogens is 454 g/mol. The number of piperidine rings is 1. The molecule has 3 aromatic carbocycles. The zero-order valence-corrected chi connectivity index (χ0v) is 22.4. The van der Waals surface area contributed by atoms with E-state index in [9.17, 15) is 4.79 Å². The van der Waals surface area contributed by atoms with Gasteiger partial charge in [0.25, 0.3) is 0 Å². The van der Waals surface area contributed by atoms with Crippen molar-refractivity contribution in [3.05, 3.63) is 108 Å². The quantitative estimate of drug-likeness (QED) is 0.384. The third kappa shape index (κ3) is 9.46. The Bertz CT molecular complexity index is 993. The van der Waals surface area contributed by atoms with Crippen LogP contribution < -0.4 is 0 Å². The Morgan fingerprint density at radius 3 is 1.78 bits per heavy atom. The number of hydrogen-bond donors (Lipinski definition) is 0. The number of rotatable bonds is 8. The Hall–Kier alpha value is -2.95. The third-order valence-corrected chi connectivity index (χ3v) is 7.66. The van der Waals surface area contributed by atoms with Gasteiger partial charge in [-0.2, -0.15) is 0 Å². The molecule has 1 atom stereocenters. The number of benzene rings is 3. The second-order valence-electron chi connectivity index (χ2n) is 10.7. The fraction of sp³-hybridized carbons (Fsp3) is 0.424. The summed E-state index contributed by atoms with van der Waals surface area (Å²) in [5, 5.41) is 0. The molecule has 0 unspecified atom stereocenters. The van der Waals surface area contributed by atoms with Gasteiger partial charge in [-0.25, -0.2) is 0 Å². The van der Waals surface area contributed by atoms with Crippen LogP contribution in [0, 0.1) is 11.8 Å². The van der Waals surface area contributed by atoms with Gasteiger partial charge in [-0.1, -0.05) is 97.1 Å². The van der Waals surface area contributed by atoms with Gasteiger partial charge in [-0.15, -0.1) is 0 Å². The molecule has 37 heavy (non-hydrogen) atoms. The van der Waals surface area contributed by atoms with E-state index in [0.717, 1.165) is 38.4 Å². The summed E-state index contributed by atoms with van der Waals surface area (Å²) in [5.74, 6) is 1.62. The van der Waals surface area contributed by atoms with E-state index < -0.39 is 0 Å². The molecule has 2 aliphatic heterocycles. The van der Waals surface area contributed by atoms with Gasteiger partial charge in [0.1, 0.15) is 0 Å². The zero-order chi connectivity index (χ0) is 25.7. The molecule has 0 saturated carbocycles. The van der Waals surface area contributed by atoms with E-state index in [2.05, 4.69) is 52.3 Å². The summed E-state index contributed by atoms with van der Waals surface area (Å²) < 4.78 is 0. The zero-order valence-electron chi connectivity index (χ0n) is 22.4. The second kappa shape index (κ2) is 14.7. The Balaban J connectivity index is 0.000000469. The smallest absolute Gasteiger partial charge is 0.222 e. The first kappa shape index (κ1) is 27.1. The first-order valence-electron chi connectivity index (χ1n) is 13.9. The van der Waals surface area contributed by atoms with Gasteiger partial charge in [-0.05, 0) is 61.9 Å². The van der Waals surface area contributed by atoms with Crippen molar-refractivity contribution in [2.75, 3.05) is 39.8 Å². The van der Waals surface area contributed by atoms with Crippen LogP contribution in [0.5, 0.6) is 0 Å². The normalized spacial score (nSPS) is 18.7. The van der Waals surface area contributed by atoms with Crippen LogP contribution in [0.4, 0.5) is 0 Å². The number of hydrogen-bond acceptors (Lipinski definition) is 3. The predicted molar refractivity (Wildman–Crippen MR) is 153 cm³/mol. The number of amides is 1. The van der Waals surface area contributed by atoms with Gasteiger partial charge in [0, 0.05) is 39.6 Å². The molecule has 0 radical (unpaired) electrons. The highest BCUT2D eigenvalue weighted by Crippen LogP contribution is 2.25. The van der Waals surface area contributed by atoms with Crippen molar-refractivity contribution in [3.8, 4) is 0 Å². The van der Waals surface area contributed by atoms with Crippen LogP contribution in [-0.2, 0) is 17.9 Å². The molecule has 0 N–H and O–H groups in total. The van der Waals surface area contributed by atoms with Crippen molar-refractivity contribution < 1.29 is 4.79 Å². The molecular formula is C33H43N3O. The summed E-state index contributed by atoms with van der Waals surface area (Å²) in [6.07, 6.45) is 4.33. The highest BCUT2D eigenvalue weighted by Gasteiger charge is 2.27. The number of carbonyl (C=O) groups is 1. The lowest BCUT2D eigenvalue weighted by Crippen LogP contribution is -2.39.